The molecular weight excluding hydrogens is 380 g/mol. The Hall–Kier alpha value is -2.56. The molecule has 0 amide bonds. The topological polar surface area (TPSA) is 116 Å². The summed E-state index contributed by atoms with van der Waals surface area (Å²) >= 11 is 0. The van der Waals surface area contributed by atoms with Crippen LogP contribution in [0.2, 0.25) is 0 Å². The molecule has 0 aliphatic carbocycles. The van der Waals surface area contributed by atoms with E-state index in [0.29, 0.717) is 37.6 Å². The summed E-state index contributed by atoms with van der Waals surface area (Å²) < 4.78 is 34.8. The van der Waals surface area contributed by atoms with Crippen molar-refractivity contribution in [2.45, 2.75) is 18.2 Å². The van der Waals surface area contributed by atoms with Gasteiger partial charge < -0.3 is 10.5 Å². The minimum atomic E-state index is -3.57. The van der Waals surface area contributed by atoms with Gasteiger partial charge >= 0.3 is 0 Å². The highest BCUT2D eigenvalue weighted by Crippen LogP contribution is 2.41. The Morgan fingerprint density at radius 3 is 2.82 bits per heavy atom. The van der Waals surface area contributed by atoms with Gasteiger partial charge in [-0.15, -0.1) is 0 Å². The molecule has 28 heavy (non-hydrogen) atoms. The smallest absolute Gasteiger partial charge is 0.243 e. The summed E-state index contributed by atoms with van der Waals surface area (Å²) in [5, 5.41) is 4.21. The molecule has 2 aromatic heterocycles. The van der Waals surface area contributed by atoms with Crippen LogP contribution in [0.15, 0.2) is 35.6 Å². The molecule has 4 heterocycles. The van der Waals surface area contributed by atoms with Crippen LogP contribution >= 0.6 is 0 Å². The second kappa shape index (κ2) is 5.97. The minimum Gasteiger partial charge on any atom is -0.381 e. The maximum Gasteiger partial charge on any atom is 0.243 e. The van der Waals surface area contributed by atoms with Crippen LogP contribution < -0.4 is 5.73 Å². The molecule has 146 valence electrons. The van der Waals surface area contributed by atoms with Gasteiger partial charge in [0.05, 0.1) is 23.4 Å². The summed E-state index contributed by atoms with van der Waals surface area (Å²) in [6.07, 6.45) is 3.90. The molecule has 2 saturated heterocycles. The van der Waals surface area contributed by atoms with Gasteiger partial charge in [0.2, 0.25) is 10.0 Å². The molecule has 2 aliphatic rings. The van der Waals surface area contributed by atoms with Gasteiger partial charge in [0.15, 0.2) is 11.5 Å². The second-order valence-corrected chi connectivity index (χ2v) is 9.51. The van der Waals surface area contributed by atoms with Crippen molar-refractivity contribution in [1.82, 2.24) is 23.9 Å². The Balaban J connectivity index is 1.53. The lowest BCUT2D eigenvalue weighted by molar-refractivity contribution is 0.0512. The van der Waals surface area contributed by atoms with Crippen LogP contribution in [0.3, 0.4) is 0 Å². The summed E-state index contributed by atoms with van der Waals surface area (Å²) in [5.41, 5.74) is 8.63. The number of hydrogen-bond acceptors (Lipinski definition) is 7. The third kappa shape index (κ3) is 2.52. The van der Waals surface area contributed by atoms with E-state index in [4.69, 9.17) is 10.5 Å². The number of nitrogens with zero attached hydrogens (tertiary/aromatic N) is 5. The number of ether oxygens (including phenoxy) is 1. The molecule has 1 spiro atoms. The number of fused-ring (bicyclic) bond motifs is 1. The molecular formula is C18H20N6O3S. The largest absolute Gasteiger partial charge is 0.381 e. The zero-order valence-corrected chi connectivity index (χ0v) is 16.2. The fourth-order valence-electron chi connectivity index (χ4n) is 3.98. The van der Waals surface area contributed by atoms with E-state index in [1.54, 1.807) is 28.9 Å². The fraction of sp³-hybridized carbons (Fsp3) is 0.389. The van der Waals surface area contributed by atoms with E-state index in [2.05, 4.69) is 15.1 Å². The summed E-state index contributed by atoms with van der Waals surface area (Å²) in [5.74, 6) is 0.271. The molecule has 1 aromatic carbocycles. The lowest BCUT2D eigenvalue weighted by Crippen LogP contribution is -2.58. The van der Waals surface area contributed by atoms with Gasteiger partial charge in [-0.05, 0) is 31.0 Å². The number of benzene rings is 1. The van der Waals surface area contributed by atoms with Crippen molar-refractivity contribution in [2.75, 3.05) is 32.0 Å². The van der Waals surface area contributed by atoms with Gasteiger partial charge in [0.25, 0.3) is 0 Å². The normalized spacial score (nSPS) is 19.3. The number of imidazole rings is 1. The fourth-order valence-corrected chi connectivity index (χ4v) is 5.67. The summed E-state index contributed by atoms with van der Waals surface area (Å²) in [6.45, 7) is 4.29. The molecule has 0 saturated carbocycles. The Kier molecular flexibility index (Phi) is 3.74. The Labute approximate surface area is 162 Å². The lowest BCUT2D eigenvalue weighted by Gasteiger charge is -2.45. The zero-order valence-electron chi connectivity index (χ0n) is 15.4. The van der Waals surface area contributed by atoms with Crippen LogP contribution in [0.1, 0.15) is 12.0 Å². The van der Waals surface area contributed by atoms with Crippen LogP contribution in [0, 0.1) is 12.3 Å². The first-order valence-electron chi connectivity index (χ1n) is 9.03. The van der Waals surface area contributed by atoms with Crippen LogP contribution in [0.25, 0.3) is 16.9 Å². The van der Waals surface area contributed by atoms with Crippen molar-refractivity contribution in [3.63, 3.8) is 0 Å². The predicted octanol–water partition coefficient (Wildman–Crippen LogP) is 1.09. The average Bonchev–Trinajstić information content (AvgIpc) is 3.29. The van der Waals surface area contributed by atoms with Gasteiger partial charge in [-0.3, -0.25) is 0 Å². The number of nitrogen functional groups attached to an aromatic ring is 1. The average molecular weight is 400 g/mol. The van der Waals surface area contributed by atoms with Crippen molar-refractivity contribution in [2.24, 2.45) is 5.41 Å². The quantitative estimate of drug-likeness (QED) is 0.700. The molecule has 9 nitrogen and oxygen atoms in total. The van der Waals surface area contributed by atoms with Gasteiger partial charge in [0.1, 0.15) is 6.33 Å². The number of aromatic nitrogens is 4. The maximum atomic E-state index is 13.1. The van der Waals surface area contributed by atoms with Crippen molar-refractivity contribution in [3.8, 4) is 11.3 Å². The maximum absolute atomic E-state index is 13.1. The summed E-state index contributed by atoms with van der Waals surface area (Å²) in [7, 11) is -3.57. The first-order chi connectivity index (χ1) is 13.4. The van der Waals surface area contributed by atoms with E-state index in [0.717, 1.165) is 17.5 Å². The van der Waals surface area contributed by atoms with Crippen LogP contribution in [-0.4, -0.2) is 58.6 Å². The van der Waals surface area contributed by atoms with Gasteiger partial charge in [-0.1, -0.05) is 6.07 Å². The SMILES string of the molecule is Cc1ccc(S(=O)(=O)N2CC3(CCOC3)C2)cc1-c1cnc2c(N)ncnn12. The first kappa shape index (κ1) is 17.5. The van der Waals surface area contributed by atoms with Gasteiger partial charge in [-0.25, -0.2) is 22.9 Å². The molecule has 5 rings (SSSR count). The molecule has 0 radical (unpaired) electrons. The number of rotatable bonds is 3. The standard InChI is InChI=1S/C18H20N6O3S/c1-12-2-3-13(28(25,26)23-8-18(9-23)4-5-27-10-18)6-14(12)15-7-20-17-16(19)21-11-22-24(15)17/h2-3,6-7,11H,4-5,8-10H2,1H3,(H2,19,21,22). The van der Waals surface area contributed by atoms with Crippen molar-refractivity contribution < 1.29 is 13.2 Å². The van der Waals surface area contributed by atoms with Crippen LogP contribution in [-0.2, 0) is 14.8 Å². The highest BCUT2D eigenvalue weighted by Gasteiger charge is 2.50. The summed E-state index contributed by atoms with van der Waals surface area (Å²) in [6, 6.07) is 5.14. The molecule has 0 unspecified atom stereocenters. The van der Waals surface area contributed by atoms with E-state index < -0.39 is 10.0 Å². The summed E-state index contributed by atoms with van der Waals surface area (Å²) in [4.78, 5) is 8.48. The number of hydrogen-bond donors (Lipinski definition) is 1. The van der Waals surface area contributed by atoms with E-state index in [1.165, 1.54) is 10.6 Å². The first-order valence-corrected chi connectivity index (χ1v) is 10.5. The monoisotopic (exact) mass is 400 g/mol. The second-order valence-electron chi connectivity index (χ2n) is 7.58. The third-order valence-electron chi connectivity index (χ3n) is 5.66. The predicted molar refractivity (Wildman–Crippen MR) is 102 cm³/mol. The molecule has 2 N–H and O–H groups in total. The van der Waals surface area contributed by atoms with Crippen LogP contribution in [0.4, 0.5) is 5.82 Å². The number of anilines is 1. The molecule has 0 bridgehead atoms. The number of nitrogens with two attached hydrogens (primary N) is 1. The third-order valence-corrected chi connectivity index (χ3v) is 7.45. The van der Waals surface area contributed by atoms with E-state index in [-0.39, 0.29) is 16.1 Å². The van der Waals surface area contributed by atoms with E-state index >= 15 is 0 Å². The van der Waals surface area contributed by atoms with Gasteiger partial charge in [0, 0.05) is 30.7 Å². The molecule has 3 aromatic rings. The number of aryl methyl sites for hydroxylation is 1. The highest BCUT2D eigenvalue weighted by atomic mass is 32.2. The molecule has 0 atom stereocenters. The molecule has 2 aliphatic heterocycles. The van der Waals surface area contributed by atoms with E-state index in [9.17, 15) is 8.42 Å². The lowest BCUT2D eigenvalue weighted by atomic mass is 9.81. The molecule has 2 fully saturated rings. The van der Waals surface area contributed by atoms with Crippen LogP contribution in [0.5, 0.6) is 0 Å². The molecule has 10 heteroatoms. The minimum absolute atomic E-state index is 0.00328. The van der Waals surface area contributed by atoms with Crippen molar-refractivity contribution >= 4 is 21.5 Å². The highest BCUT2D eigenvalue weighted by molar-refractivity contribution is 7.89. The Morgan fingerprint density at radius 1 is 1.25 bits per heavy atom. The zero-order chi connectivity index (χ0) is 19.5. The van der Waals surface area contributed by atoms with Crippen molar-refractivity contribution in [1.29, 1.82) is 0 Å². The van der Waals surface area contributed by atoms with Crippen molar-refractivity contribution in [3.05, 3.63) is 36.3 Å². The Morgan fingerprint density at radius 2 is 2.07 bits per heavy atom. The number of sulfonamides is 1. The van der Waals surface area contributed by atoms with E-state index in [1.807, 2.05) is 6.92 Å². The van der Waals surface area contributed by atoms with Gasteiger partial charge in [-0.2, -0.15) is 9.40 Å². The Bertz CT molecular complexity index is 1180.